The molecule has 1 aromatic rings. The van der Waals surface area contributed by atoms with E-state index in [1.54, 1.807) is 13.0 Å². The highest BCUT2D eigenvalue weighted by atomic mass is 16.5. The SMILES string of the molecule is Cc1cc(NC(=O)CN(C)CC(C)N)no1. The molecule has 16 heavy (non-hydrogen) atoms. The summed E-state index contributed by atoms with van der Waals surface area (Å²) in [5, 5.41) is 6.31. The van der Waals surface area contributed by atoms with Gasteiger partial charge in [0, 0.05) is 18.7 Å². The molecule has 1 unspecified atom stereocenters. The van der Waals surface area contributed by atoms with E-state index >= 15 is 0 Å². The van der Waals surface area contributed by atoms with E-state index in [-0.39, 0.29) is 18.5 Å². The normalized spacial score (nSPS) is 12.8. The van der Waals surface area contributed by atoms with Crippen molar-refractivity contribution in [1.82, 2.24) is 10.1 Å². The number of nitrogens with one attached hydrogen (secondary N) is 1. The highest BCUT2D eigenvalue weighted by Gasteiger charge is 2.10. The average molecular weight is 226 g/mol. The third-order valence-electron chi connectivity index (χ3n) is 1.91. The van der Waals surface area contributed by atoms with Crippen LogP contribution in [0.2, 0.25) is 0 Å². The zero-order chi connectivity index (χ0) is 12.1. The van der Waals surface area contributed by atoms with Crippen LogP contribution in [-0.4, -0.2) is 42.1 Å². The second kappa shape index (κ2) is 5.62. The van der Waals surface area contributed by atoms with Crippen LogP contribution in [-0.2, 0) is 4.79 Å². The van der Waals surface area contributed by atoms with E-state index in [2.05, 4.69) is 10.5 Å². The molecular formula is C10H18N4O2. The molecule has 0 radical (unpaired) electrons. The van der Waals surface area contributed by atoms with Crippen molar-refractivity contribution < 1.29 is 9.32 Å². The molecule has 3 N–H and O–H groups in total. The Morgan fingerprint density at radius 3 is 2.94 bits per heavy atom. The van der Waals surface area contributed by atoms with Gasteiger partial charge in [-0.25, -0.2) is 0 Å². The molecule has 1 atom stereocenters. The summed E-state index contributed by atoms with van der Waals surface area (Å²) in [5.41, 5.74) is 5.62. The van der Waals surface area contributed by atoms with Crippen LogP contribution < -0.4 is 11.1 Å². The van der Waals surface area contributed by atoms with Gasteiger partial charge in [0.2, 0.25) is 5.91 Å². The van der Waals surface area contributed by atoms with E-state index < -0.39 is 0 Å². The van der Waals surface area contributed by atoms with Gasteiger partial charge in [0.05, 0.1) is 6.54 Å². The van der Waals surface area contributed by atoms with Crippen molar-refractivity contribution in [3.63, 3.8) is 0 Å². The van der Waals surface area contributed by atoms with Crippen LogP contribution in [0.15, 0.2) is 10.6 Å². The summed E-state index contributed by atoms with van der Waals surface area (Å²) in [6, 6.07) is 1.72. The zero-order valence-electron chi connectivity index (χ0n) is 9.86. The lowest BCUT2D eigenvalue weighted by molar-refractivity contribution is -0.117. The molecule has 0 saturated carbocycles. The van der Waals surface area contributed by atoms with E-state index in [4.69, 9.17) is 10.3 Å². The first kappa shape index (κ1) is 12.7. The van der Waals surface area contributed by atoms with Gasteiger partial charge in [-0.15, -0.1) is 0 Å². The molecule has 0 spiro atoms. The fourth-order valence-electron chi connectivity index (χ4n) is 1.41. The number of nitrogens with zero attached hydrogens (tertiary/aromatic N) is 2. The molecule has 90 valence electrons. The Morgan fingerprint density at radius 2 is 2.44 bits per heavy atom. The van der Waals surface area contributed by atoms with Gasteiger partial charge >= 0.3 is 0 Å². The molecule has 0 fully saturated rings. The number of aryl methyl sites for hydroxylation is 1. The molecule has 1 rings (SSSR count). The number of likely N-dealkylation sites (N-methyl/N-ethyl adjacent to an activating group) is 1. The number of rotatable bonds is 5. The first-order valence-corrected chi connectivity index (χ1v) is 5.14. The van der Waals surface area contributed by atoms with Crippen molar-refractivity contribution in [3.05, 3.63) is 11.8 Å². The molecule has 1 heterocycles. The first-order valence-electron chi connectivity index (χ1n) is 5.14. The minimum Gasteiger partial charge on any atom is -0.360 e. The summed E-state index contributed by atoms with van der Waals surface area (Å²) in [4.78, 5) is 13.4. The molecule has 6 heteroatoms. The fraction of sp³-hybridized carbons (Fsp3) is 0.600. The van der Waals surface area contributed by atoms with Crippen LogP contribution in [0.3, 0.4) is 0 Å². The van der Waals surface area contributed by atoms with Crippen molar-refractivity contribution in [2.45, 2.75) is 19.9 Å². The molecule has 0 bridgehead atoms. The lowest BCUT2D eigenvalue weighted by Gasteiger charge is -2.17. The first-order chi connectivity index (χ1) is 7.47. The number of anilines is 1. The Morgan fingerprint density at radius 1 is 1.75 bits per heavy atom. The van der Waals surface area contributed by atoms with Crippen LogP contribution in [0.4, 0.5) is 5.82 Å². The predicted octanol–water partition coefficient (Wildman–Crippen LogP) is 0.201. The zero-order valence-corrected chi connectivity index (χ0v) is 9.86. The Labute approximate surface area is 94.8 Å². The molecule has 0 aromatic carbocycles. The Balaban J connectivity index is 2.36. The van der Waals surface area contributed by atoms with Gasteiger partial charge in [-0.2, -0.15) is 0 Å². The third kappa shape index (κ3) is 4.41. The largest absolute Gasteiger partial charge is 0.360 e. The summed E-state index contributed by atoms with van der Waals surface area (Å²) in [6.45, 7) is 4.62. The van der Waals surface area contributed by atoms with Gasteiger partial charge in [0.15, 0.2) is 5.82 Å². The van der Waals surface area contributed by atoms with Crippen molar-refractivity contribution in [3.8, 4) is 0 Å². The maximum Gasteiger partial charge on any atom is 0.239 e. The maximum absolute atomic E-state index is 11.5. The maximum atomic E-state index is 11.5. The van der Waals surface area contributed by atoms with Crippen molar-refractivity contribution in [2.24, 2.45) is 5.73 Å². The van der Waals surface area contributed by atoms with E-state index in [1.807, 2.05) is 18.9 Å². The predicted molar refractivity (Wildman–Crippen MR) is 61.0 cm³/mol. The second-order valence-corrected chi connectivity index (χ2v) is 4.05. The standard InChI is InChI=1S/C10H18N4O2/c1-7(11)5-14(3)6-10(15)12-9-4-8(2)16-13-9/h4,7H,5-6,11H2,1-3H3,(H,12,13,15). The van der Waals surface area contributed by atoms with E-state index in [0.717, 1.165) is 0 Å². The summed E-state index contributed by atoms with van der Waals surface area (Å²) in [5.74, 6) is 0.979. The molecule has 0 aliphatic rings. The monoisotopic (exact) mass is 226 g/mol. The van der Waals surface area contributed by atoms with Gasteiger partial charge < -0.3 is 15.6 Å². The van der Waals surface area contributed by atoms with Crippen LogP contribution in [0.5, 0.6) is 0 Å². The number of aromatic nitrogens is 1. The molecular weight excluding hydrogens is 208 g/mol. The van der Waals surface area contributed by atoms with E-state index in [9.17, 15) is 4.79 Å². The highest BCUT2D eigenvalue weighted by Crippen LogP contribution is 2.06. The molecule has 1 aromatic heterocycles. The number of hydrogen-bond donors (Lipinski definition) is 2. The minimum atomic E-state index is -0.128. The topological polar surface area (TPSA) is 84.4 Å². The summed E-state index contributed by atoms with van der Waals surface area (Å²) >= 11 is 0. The lowest BCUT2D eigenvalue weighted by atomic mass is 10.3. The van der Waals surface area contributed by atoms with Crippen LogP contribution in [0, 0.1) is 6.92 Å². The Kier molecular flexibility index (Phi) is 4.45. The van der Waals surface area contributed by atoms with Gasteiger partial charge in [-0.3, -0.25) is 9.69 Å². The smallest absolute Gasteiger partial charge is 0.239 e. The van der Waals surface area contributed by atoms with Gasteiger partial charge in [-0.1, -0.05) is 5.16 Å². The Hall–Kier alpha value is -1.40. The molecule has 0 aliphatic carbocycles. The summed E-state index contributed by atoms with van der Waals surface area (Å²) in [6.07, 6.45) is 0. The highest BCUT2D eigenvalue weighted by molar-refractivity contribution is 5.91. The lowest BCUT2D eigenvalue weighted by Crippen LogP contribution is -2.37. The van der Waals surface area contributed by atoms with Crippen molar-refractivity contribution in [2.75, 3.05) is 25.5 Å². The van der Waals surface area contributed by atoms with E-state index in [0.29, 0.717) is 18.1 Å². The molecule has 0 aliphatic heterocycles. The van der Waals surface area contributed by atoms with Crippen LogP contribution in [0.1, 0.15) is 12.7 Å². The summed E-state index contributed by atoms with van der Waals surface area (Å²) in [7, 11) is 1.84. The van der Waals surface area contributed by atoms with Crippen LogP contribution in [0.25, 0.3) is 0 Å². The third-order valence-corrected chi connectivity index (χ3v) is 1.91. The van der Waals surface area contributed by atoms with Gasteiger partial charge in [-0.05, 0) is 20.9 Å². The number of nitrogens with two attached hydrogens (primary N) is 1. The quantitative estimate of drug-likeness (QED) is 0.749. The van der Waals surface area contributed by atoms with Crippen LogP contribution >= 0.6 is 0 Å². The number of hydrogen-bond acceptors (Lipinski definition) is 5. The molecule has 6 nitrogen and oxygen atoms in total. The van der Waals surface area contributed by atoms with Crippen molar-refractivity contribution in [1.29, 1.82) is 0 Å². The second-order valence-electron chi connectivity index (χ2n) is 4.05. The van der Waals surface area contributed by atoms with E-state index in [1.165, 1.54) is 0 Å². The molecule has 1 amide bonds. The minimum absolute atomic E-state index is 0.0482. The van der Waals surface area contributed by atoms with Gasteiger partial charge in [0.1, 0.15) is 5.76 Å². The Bertz CT molecular complexity index is 348. The van der Waals surface area contributed by atoms with Crippen molar-refractivity contribution >= 4 is 11.7 Å². The average Bonchev–Trinajstić information content (AvgIpc) is 2.48. The molecule has 0 saturated heterocycles. The van der Waals surface area contributed by atoms with Gasteiger partial charge in [0.25, 0.3) is 0 Å². The number of carbonyl (C=O) groups is 1. The fourth-order valence-corrected chi connectivity index (χ4v) is 1.41. The number of carbonyl (C=O) groups excluding carboxylic acids is 1. The summed E-state index contributed by atoms with van der Waals surface area (Å²) < 4.78 is 4.84. The number of amides is 1.